The van der Waals surface area contributed by atoms with Gasteiger partial charge in [-0.25, -0.2) is 0 Å². The Balaban J connectivity index is 1.28. The molecule has 32 heavy (non-hydrogen) atoms. The third-order valence-corrected chi connectivity index (χ3v) is 7.06. The number of piperazine rings is 1. The van der Waals surface area contributed by atoms with Gasteiger partial charge in [0.1, 0.15) is 0 Å². The van der Waals surface area contributed by atoms with Gasteiger partial charge in [-0.1, -0.05) is 47.5 Å². The van der Waals surface area contributed by atoms with E-state index in [1.807, 2.05) is 41.3 Å². The van der Waals surface area contributed by atoms with Crippen LogP contribution in [0.15, 0.2) is 66.9 Å². The maximum Gasteiger partial charge on any atom is 0.236 e. The van der Waals surface area contributed by atoms with Crippen molar-refractivity contribution in [1.29, 1.82) is 0 Å². The molecule has 0 aliphatic carbocycles. The van der Waals surface area contributed by atoms with Crippen LogP contribution in [0.25, 0.3) is 0 Å². The molecule has 1 atom stereocenters. The largest absolute Gasteiger partial charge is 0.367 e. The fraction of sp³-hybridized carbons (Fsp3) is 0.320. The fourth-order valence-corrected chi connectivity index (χ4v) is 5.19. The second-order valence-electron chi connectivity index (χ2n) is 8.37. The summed E-state index contributed by atoms with van der Waals surface area (Å²) in [6.07, 6.45) is 2.12. The van der Waals surface area contributed by atoms with Gasteiger partial charge in [-0.2, -0.15) is 0 Å². The molecular formula is C25H26Cl2N4O. The lowest BCUT2D eigenvalue weighted by molar-refractivity contribution is -0.133. The molecule has 166 valence electrons. The zero-order valence-electron chi connectivity index (χ0n) is 17.8. The van der Waals surface area contributed by atoms with Crippen LogP contribution in [0.1, 0.15) is 17.3 Å². The van der Waals surface area contributed by atoms with Gasteiger partial charge in [0.05, 0.1) is 23.3 Å². The van der Waals surface area contributed by atoms with Gasteiger partial charge in [0.2, 0.25) is 5.91 Å². The third-order valence-electron chi connectivity index (χ3n) is 6.49. The van der Waals surface area contributed by atoms with Crippen LogP contribution >= 0.6 is 23.2 Å². The first-order valence-electron chi connectivity index (χ1n) is 11.0. The Bertz CT molecular complexity index is 1090. The monoisotopic (exact) mass is 468 g/mol. The van der Waals surface area contributed by atoms with Gasteiger partial charge in [-0.3, -0.25) is 9.69 Å². The number of hydrogen-bond acceptors (Lipinski definition) is 3. The zero-order valence-corrected chi connectivity index (χ0v) is 19.3. The quantitative estimate of drug-likeness (QED) is 0.562. The predicted molar refractivity (Wildman–Crippen MR) is 130 cm³/mol. The number of benzene rings is 2. The molecule has 2 aliphatic heterocycles. The smallest absolute Gasteiger partial charge is 0.236 e. The van der Waals surface area contributed by atoms with Crippen molar-refractivity contribution in [3.8, 4) is 0 Å². The van der Waals surface area contributed by atoms with Crippen molar-refractivity contribution in [2.24, 2.45) is 0 Å². The summed E-state index contributed by atoms with van der Waals surface area (Å²) in [5.74, 6) is 0.183. The minimum Gasteiger partial charge on any atom is -0.367 e. The molecule has 1 aromatic heterocycles. The van der Waals surface area contributed by atoms with Crippen LogP contribution < -0.4 is 4.90 Å². The Labute approximate surface area is 198 Å². The highest BCUT2D eigenvalue weighted by atomic mass is 35.5. The molecule has 1 saturated heterocycles. The van der Waals surface area contributed by atoms with Gasteiger partial charge >= 0.3 is 0 Å². The summed E-state index contributed by atoms with van der Waals surface area (Å²) in [7, 11) is 0. The first kappa shape index (κ1) is 21.4. The second-order valence-corrected chi connectivity index (χ2v) is 9.21. The van der Waals surface area contributed by atoms with E-state index in [2.05, 4.69) is 44.8 Å². The lowest BCUT2D eigenvalue weighted by Gasteiger charge is -2.40. The maximum atomic E-state index is 13.3. The highest BCUT2D eigenvalue weighted by Gasteiger charge is 2.32. The molecule has 0 N–H and O–H groups in total. The van der Waals surface area contributed by atoms with Gasteiger partial charge in [0.15, 0.2) is 0 Å². The molecular weight excluding hydrogens is 443 g/mol. The maximum absolute atomic E-state index is 13.3. The van der Waals surface area contributed by atoms with Crippen molar-refractivity contribution >= 4 is 34.8 Å². The van der Waals surface area contributed by atoms with E-state index in [4.69, 9.17) is 23.2 Å². The summed E-state index contributed by atoms with van der Waals surface area (Å²) in [5, 5.41) is 1.48. The number of fused-ring (bicyclic) bond motifs is 1. The summed E-state index contributed by atoms with van der Waals surface area (Å²) in [6.45, 7) is 5.13. The number of para-hydroxylation sites is 1. The number of rotatable bonds is 4. The molecule has 1 fully saturated rings. The highest BCUT2D eigenvalue weighted by molar-refractivity contribution is 6.33. The molecule has 3 aromatic rings. The van der Waals surface area contributed by atoms with E-state index in [0.717, 1.165) is 47.5 Å². The topological polar surface area (TPSA) is 31.7 Å². The molecule has 5 rings (SSSR count). The summed E-state index contributed by atoms with van der Waals surface area (Å²) >= 11 is 12.5. The Kier molecular flexibility index (Phi) is 6.13. The molecule has 2 aromatic carbocycles. The fourth-order valence-electron chi connectivity index (χ4n) is 4.81. The summed E-state index contributed by atoms with van der Waals surface area (Å²) in [5.41, 5.74) is 3.42. The summed E-state index contributed by atoms with van der Waals surface area (Å²) < 4.78 is 2.28. The molecule has 1 amide bonds. The van der Waals surface area contributed by atoms with E-state index in [1.165, 1.54) is 5.69 Å². The standard InChI is InChI=1S/C25H26Cl2N4O/c26-20-9-7-19(8-10-20)25-23-6-3-11-28(23)14-17-31(25)18-24(32)30-15-12-29(13-16-30)22-5-2-1-4-21(22)27/h1-11,25H,12-18H2. The number of amides is 1. The third kappa shape index (κ3) is 4.25. The van der Waals surface area contributed by atoms with E-state index in [9.17, 15) is 4.79 Å². The van der Waals surface area contributed by atoms with Gasteiger partial charge in [0.25, 0.3) is 0 Å². The number of anilines is 1. The number of halogens is 2. The van der Waals surface area contributed by atoms with E-state index >= 15 is 0 Å². The zero-order chi connectivity index (χ0) is 22.1. The van der Waals surface area contributed by atoms with Crippen LogP contribution in [0.2, 0.25) is 10.0 Å². The highest BCUT2D eigenvalue weighted by Crippen LogP contribution is 2.33. The van der Waals surface area contributed by atoms with Gasteiger partial charge in [0, 0.05) is 56.2 Å². The molecule has 7 heteroatoms. The Morgan fingerprint density at radius 3 is 2.34 bits per heavy atom. The molecule has 0 spiro atoms. The van der Waals surface area contributed by atoms with Crippen LogP contribution in [-0.4, -0.2) is 59.5 Å². The van der Waals surface area contributed by atoms with Crippen molar-refractivity contribution in [3.63, 3.8) is 0 Å². The Morgan fingerprint density at radius 2 is 1.59 bits per heavy atom. The van der Waals surface area contributed by atoms with Crippen LogP contribution in [0, 0.1) is 0 Å². The van der Waals surface area contributed by atoms with Crippen molar-refractivity contribution in [2.45, 2.75) is 12.6 Å². The van der Waals surface area contributed by atoms with E-state index in [0.29, 0.717) is 19.6 Å². The molecule has 5 nitrogen and oxygen atoms in total. The average Bonchev–Trinajstić information content (AvgIpc) is 3.29. The van der Waals surface area contributed by atoms with Gasteiger partial charge in [-0.05, 0) is 42.0 Å². The number of carbonyl (C=O) groups excluding carboxylic acids is 1. The van der Waals surface area contributed by atoms with E-state index < -0.39 is 0 Å². The van der Waals surface area contributed by atoms with Crippen molar-refractivity contribution < 1.29 is 4.79 Å². The molecule has 0 bridgehead atoms. The van der Waals surface area contributed by atoms with Gasteiger partial charge in [-0.15, -0.1) is 0 Å². The minimum absolute atomic E-state index is 0.0457. The van der Waals surface area contributed by atoms with E-state index in [-0.39, 0.29) is 11.9 Å². The van der Waals surface area contributed by atoms with Gasteiger partial charge < -0.3 is 14.4 Å². The van der Waals surface area contributed by atoms with Crippen molar-refractivity contribution in [3.05, 3.63) is 88.2 Å². The number of nitrogens with zero attached hydrogens (tertiary/aromatic N) is 4. The molecule has 0 saturated carbocycles. The molecule has 2 aliphatic rings. The Hall–Kier alpha value is -2.47. The minimum atomic E-state index is 0.0457. The van der Waals surface area contributed by atoms with Crippen LogP contribution in [-0.2, 0) is 11.3 Å². The lowest BCUT2D eigenvalue weighted by Crippen LogP contribution is -2.52. The summed E-state index contributed by atoms with van der Waals surface area (Å²) in [4.78, 5) is 19.8. The molecule has 3 heterocycles. The second kappa shape index (κ2) is 9.18. The number of aromatic nitrogens is 1. The lowest BCUT2D eigenvalue weighted by atomic mass is 10.00. The predicted octanol–water partition coefficient (Wildman–Crippen LogP) is 4.55. The first-order valence-corrected chi connectivity index (χ1v) is 11.8. The van der Waals surface area contributed by atoms with Crippen LogP contribution in [0.4, 0.5) is 5.69 Å². The van der Waals surface area contributed by atoms with Crippen LogP contribution in [0.3, 0.4) is 0 Å². The van der Waals surface area contributed by atoms with Crippen LogP contribution in [0.5, 0.6) is 0 Å². The number of carbonyl (C=O) groups is 1. The average molecular weight is 469 g/mol. The Morgan fingerprint density at radius 1 is 0.844 bits per heavy atom. The first-order chi connectivity index (χ1) is 15.6. The van der Waals surface area contributed by atoms with Crippen molar-refractivity contribution in [1.82, 2.24) is 14.4 Å². The SMILES string of the molecule is O=C(CN1CCn2cccc2C1c1ccc(Cl)cc1)N1CCN(c2ccccc2Cl)CC1. The summed E-state index contributed by atoms with van der Waals surface area (Å²) in [6, 6.07) is 20.2. The molecule has 0 radical (unpaired) electrons. The normalized spacial score (nSPS) is 19.1. The van der Waals surface area contributed by atoms with Crippen molar-refractivity contribution in [2.75, 3.05) is 44.2 Å². The molecule has 1 unspecified atom stereocenters. The number of hydrogen-bond donors (Lipinski definition) is 0. The van der Waals surface area contributed by atoms with E-state index in [1.54, 1.807) is 0 Å².